The molecule has 2 heterocycles. The van der Waals surface area contributed by atoms with E-state index in [2.05, 4.69) is 278 Å². The summed E-state index contributed by atoms with van der Waals surface area (Å²) < 4.78 is 13.8. The fourth-order valence-corrected chi connectivity index (χ4v) is 13.6. The minimum atomic E-state index is -0.687. The molecule has 0 aromatic heterocycles. The van der Waals surface area contributed by atoms with Gasteiger partial charge in [-0.25, -0.2) is 0 Å². The van der Waals surface area contributed by atoms with Gasteiger partial charge in [0, 0.05) is 39.1 Å². The number of hydrogen-bond acceptors (Lipinski definition) is 3. The molecule has 0 amide bonds. The molecule has 0 N–H and O–H groups in total. The third-order valence-corrected chi connectivity index (χ3v) is 16.6. The Kier molecular flexibility index (Phi) is 8.88. The smallest absolute Gasteiger partial charge is 0.132 e. The molecular formula is C72H45NO2. The number of para-hydroxylation sites is 4. The summed E-state index contributed by atoms with van der Waals surface area (Å²) in [7, 11) is 0. The van der Waals surface area contributed by atoms with Gasteiger partial charge in [0.25, 0.3) is 0 Å². The highest BCUT2D eigenvalue weighted by atomic mass is 16.5. The highest BCUT2D eigenvalue weighted by molar-refractivity contribution is 6.02. The molecule has 3 heteroatoms. The van der Waals surface area contributed by atoms with Crippen LogP contribution in [0.3, 0.4) is 0 Å². The Morgan fingerprint density at radius 3 is 1.41 bits per heavy atom. The van der Waals surface area contributed by atoms with Crippen molar-refractivity contribution in [1.29, 1.82) is 0 Å². The molecule has 350 valence electrons. The van der Waals surface area contributed by atoms with Gasteiger partial charge in [0.2, 0.25) is 0 Å². The lowest BCUT2D eigenvalue weighted by molar-refractivity contribution is 0.436. The molecule has 75 heavy (non-hydrogen) atoms. The van der Waals surface area contributed by atoms with E-state index < -0.39 is 10.8 Å². The summed E-state index contributed by atoms with van der Waals surface area (Å²) in [6, 6.07) is 100. The second kappa shape index (κ2) is 15.9. The van der Waals surface area contributed by atoms with Crippen LogP contribution in [0.25, 0.3) is 55.3 Å². The molecule has 0 bridgehead atoms. The summed E-state index contributed by atoms with van der Waals surface area (Å²) >= 11 is 0. The lowest BCUT2D eigenvalue weighted by atomic mass is 9.66. The maximum Gasteiger partial charge on any atom is 0.132 e. The lowest BCUT2D eigenvalue weighted by Crippen LogP contribution is -2.32. The molecule has 2 aliphatic carbocycles. The highest BCUT2D eigenvalue weighted by Crippen LogP contribution is 2.66. The Bertz CT molecular complexity index is 4280. The molecule has 1 unspecified atom stereocenters. The van der Waals surface area contributed by atoms with E-state index in [-0.39, 0.29) is 0 Å². The first-order valence-electron chi connectivity index (χ1n) is 25.9. The number of nitrogens with zero attached hydrogens (tertiary/aromatic N) is 1. The molecule has 12 aromatic rings. The van der Waals surface area contributed by atoms with Crippen LogP contribution in [0, 0.1) is 0 Å². The SMILES string of the molecule is c1ccc(-c2ccc(-c3ccccc3N(c3ccc4c(c3)C3(c5ccccc5Oc5ccccc53)c3ccccc3-4)c3cccc4c3-c3ccccc3C43c4ccccc4Oc4cc5ccccc5cc43)cc2)cc1. The molecule has 2 aliphatic heterocycles. The molecule has 16 rings (SSSR count). The van der Waals surface area contributed by atoms with E-state index in [9.17, 15) is 0 Å². The zero-order chi connectivity index (χ0) is 49.2. The summed E-state index contributed by atoms with van der Waals surface area (Å²) in [6.07, 6.45) is 0. The van der Waals surface area contributed by atoms with Gasteiger partial charge in [-0.3, -0.25) is 0 Å². The van der Waals surface area contributed by atoms with Gasteiger partial charge in [0.15, 0.2) is 0 Å². The quantitative estimate of drug-likeness (QED) is 0.172. The van der Waals surface area contributed by atoms with Crippen molar-refractivity contribution in [2.45, 2.75) is 10.8 Å². The molecule has 0 radical (unpaired) electrons. The zero-order valence-corrected chi connectivity index (χ0v) is 40.7. The molecule has 1 atom stereocenters. The summed E-state index contributed by atoms with van der Waals surface area (Å²) in [6.45, 7) is 0. The van der Waals surface area contributed by atoms with Gasteiger partial charge in [0.1, 0.15) is 23.0 Å². The Hall–Kier alpha value is -9.70. The largest absolute Gasteiger partial charge is 0.457 e. The maximum absolute atomic E-state index is 6.97. The van der Waals surface area contributed by atoms with Gasteiger partial charge in [-0.2, -0.15) is 0 Å². The van der Waals surface area contributed by atoms with Gasteiger partial charge in [-0.15, -0.1) is 0 Å². The fourth-order valence-electron chi connectivity index (χ4n) is 13.6. The highest BCUT2D eigenvalue weighted by Gasteiger charge is 2.54. The fraction of sp³-hybridized carbons (Fsp3) is 0.0278. The first kappa shape index (κ1) is 41.9. The van der Waals surface area contributed by atoms with Crippen LogP contribution in [0.15, 0.2) is 273 Å². The van der Waals surface area contributed by atoms with E-state index >= 15 is 0 Å². The van der Waals surface area contributed by atoms with Crippen LogP contribution >= 0.6 is 0 Å². The Balaban J connectivity index is 0.998. The Labute approximate surface area is 435 Å². The van der Waals surface area contributed by atoms with Gasteiger partial charge in [0.05, 0.1) is 22.2 Å². The predicted molar refractivity (Wildman–Crippen MR) is 304 cm³/mol. The van der Waals surface area contributed by atoms with Crippen LogP contribution in [0.2, 0.25) is 0 Å². The second-order valence-corrected chi connectivity index (χ2v) is 20.2. The topological polar surface area (TPSA) is 21.7 Å². The van der Waals surface area contributed by atoms with Crippen LogP contribution in [0.4, 0.5) is 17.1 Å². The first-order valence-corrected chi connectivity index (χ1v) is 25.9. The van der Waals surface area contributed by atoms with Crippen molar-refractivity contribution >= 4 is 27.8 Å². The van der Waals surface area contributed by atoms with E-state index in [4.69, 9.17) is 9.47 Å². The molecular weight excluding hydrogens is 911 g/mol. The normalized spacial score (nSPS) is 15.3. The predicted octanol–water partition coefficient (Wildman–Crippen LogP) is 18.6. The molecule has 3 nitrogen and oxygen atoms in total. The summed E-state index contributed by atoms with van der Waals surface area (Å²) in [5, 5.41) is 2.33. The molecule has 4 aliphatic rings. The van der Waals surface area contributed by atoms with E-state index in [1.165, 1.54) is 61.0 Å². The summed E-state index contributed by atoms with van der Waals surface area (Å²) in [5.41, 5.74) is 20.9. The molecule has 0 fully saturated rings. The van der Waals surface area contributed by atoms with Crippen molar-refractivity contribution in [2.24, 2.45) is 0 Å². The van der Waals surface area contributed by atoms with E-state index in [0.717, 1.165) is 78.8 Å². The number of ether oxygens (including phenoxy) is 2. The zero-order valence-electron chi connectivity index (χ0n) is 40.7. The Morgan fingerprint density at radius 1 is 0.253 bits per heavy atom. The molecule has 12 aromatic carbocycles. The van der Waals surface area contributed by atoms with Crippen molar-refractivity contribution < 1.29 is 9.47 Å². The minimum Gasteiger partial charge on any atom is -0.457 e. The van der Waals surface area contributed by atoms with Gasteiger partial charge in [-0.05, 0) is 121 Å². The van der Waals surface area contributed by atoms with Crippen LogP contribution in [-0.4, -0.2) is 0 Å². The van der Waals surface area contributed by atoms with Crippen molar-refractivity contribution in [3.8, 4) is 67.5 Å². The van der Waals surface area contributed by atoms with Gasteiger partial charge < -0.3 is 14.4 Å². The third-order valence-electron chi connectivity index (χ3n) is 16.6. The first-order chi connectivity index (χ1) is 37.2. The Morgan fingerprint density at radius 2 is 0.720 bits per heavy atom. The summed E-state index contributed by atoms with van der Waals surface area (Å²) in [4.78, 5) is 2.55. The van der Waals surface area contributed by atoms with Crippen LogP contribution in [0.1, 0.15) is 44.5 Å². The van der Waals surface area contributed by atoms with Crippen molar-refractivity contribution in [2.75, 3.05) is 4.90 Å². The summed E-state index contributed by atoms with van der Waals surface area (Å²) in [5.74, 6) is 3.49. The van der Waals surface area contributed by atoms with E-state index in [0.29, 0.717) is 0 Å². The lowest BCUT2D eigenvalue weighted by Gasteiger charge is -2.40. The molecule has 2 spiro atoms. The minimum absolute atomic E-state index is 0.653. The van der Waals surface area contributed by atoms with Crippen LogP contribution < -0.4 is 14.4 Å². The van der Waals surface area contributed by atoms with Gasteiger partial charge in [-0.1, -0.05) is 218 Å². The van der Waals surface area contributed by atoms with E-state index in [1.54, 1.807) is 0 Å². The average Bonchev–Trinajstić information content (AvgIpc) is 4.15. The van der Waals surface area contributed by atoms with Crippen molar-refractivity contribution in [3.63, 3.8) is 0 Å². The molecule has 0 saturated heterocycles. The van der Waals surface area contributed by atoms with Crippen molar-refractivity contribution in [1.82, 2.24) is 0 Å². The van der Waals surface area contributed by atoms with E-state index in [1.807, 2.05) is 0 Å². The number of fused-ring (bicyclic) bond motifs is 19. The second-order valence-electron chi connectivity index (χ2n) is 20.2. The average molecular weight is 956 g/mol. The maximum atomic E-state index is 6.97. The number of anilines is 3. The van der Waals surface area contributed by atoms with Crippen LogP contribution in [0.5, 0.6) is 23.0 Å². The van der Waals surface area contributed by atoms with Gasteiger partial charge >= 0.3 is 0 Å². The monoisotopic (exact) mass is 955 g/mol. The van der Waals surface area contributed by atoms with Crippen LogP contribution in [-0.2, 0) is 10.8 Å². The standard InChI is InChI=1S/C72H45NO2/c1-2-19-46(20-3-1)47-37-39-48(40-38-47)52-23-8-14-32-64(52)73(51-41-42-54-53-24-6-9-26-56(53)71(62(54)45-51)58-28-11-15-34-66(58)74-67-35-16-12-29-59(67)71)65-33-18-31-61-70(65)55-25-7-10-27-57(55)72(61)60-30-13-17-36-68(60)75-69-44-50-22-5-4-21-49(50)43-63(69)72/h1-45H. The number of benzene rings is 12. The van der Waals surface area contributed by atoms with Crippen molar-refractivity contribution in [3.05, 3.63) is 317 Å². The number of rotatable bonds is 5. The third kappa shape index (κ3) is 5.75. The molecule has 0 saturated carbocycles. The number of hydrogen-bond donors (Lipinski definition) is 0.